The van der Waals surface area contributed by atoms with Gasteiger partial charge in [0.2, 0.25) is 0 Å². The first-order chi connectivity index (χ1) is 9.02. The van der Waals surface area contributed by atoms with Crippen LogP contribution < -0.4 is 0 Å². The molecule has 1 heterocycles. The van der Waals surface area contributed by atoms with Crippen molar-refractivity contribution in [3.05, 3.63) is 39.6 Å². The minimum atomic E-state index is -1.19. The summed E-state index contributed by atoms with van der Waals surface area (Å²) in [7, 11) is 0. The third kappa shape index (κ3) is 2.86. The van der Waals surface area contributed by atoms with Crippen LogP contribution in [0.4, 0.5) is 0 Å². The molecule has 0 saturated carbocycles. The van der Waals surface area contributed by atoms with Gasteiger partial charge in [-0.1, -0.05) is 28.4 Å². The third-order valence-corrected chi connectivity index (χ3v) is 3.01. The quantitative estimate of drug-likeness (QED) is 0.899. The average molecular weight is 302 g/mol. The minimum absolute atomic E-state index is 0.0224. The first kappa shape index (κ1) is 13.8. The van der Waals surface area contributed by atoms with E-state index in [0.29, 0.717) is 17.8 Å². The second-order valence-electron chi connectivity index (χ2n) is 3.72. The molecule has 2 aromatic rings. The lowest BCUT2D eigenvalue weighted by atomic mass is 10.2. The largest absolute Gasteiger partial charge is 0.478 e. The summed E-state index contributed by atoms with van der Waals surface area (Å²) >= 11 is 11.8. The average Bonchev–Trinajstić information content (AvgIpc) is 2.76. The molecule has 0 spiro atoms. The van der Waals surface area contributed by atoms with Gasteiger partial charge in [-0.15, -0.1) is 5.10 Å². The summed E-state index contributed by atoms with van der Waals surface area (Å²) in [6.45, 7) is -0.0296. The van der Waals surface area contributed by atoms with Crippen LogP contribution >= 0.6 is 23.2 Å². The van der Waals surface area contributed by atoms with Gasteiger partial charge in [0.1, 0.15) is 0 Å². The molecule has 1 aromatic carbocycles. The van der Waals surface area contributed by atoms with Gasteiger partial charge in [-0.05, 0) is 12.1 Å². The van der Waals surface area contributed by atoms with Gasteiger partial charge < -0.3 is 10.2 Å². The molecule has 0 saturated heterocycles. The summed E-state index contributed by atoms with van der Waals surface area (Å²) in [5.74, 6) is -1.19. The van der Waals surface area contributed by atoms with Gasteiger partial charge in [-0.2, -0.15) is 0 Å². The van der Waals surface area contributed by atoms with Crippen molar-refractivity contribution in [1.82, 2.24) is 15.0 Å². The SMILES string of the molecule is O=C(O)c1c(Cl)cc(-n2cc(CCO)nn2)cc1Cl. The number of carboxylic acids is 1. The summed E-state index contributed by atoms with van der Waals surface area (Å²) in [6, 6.07) is 2.88. The molecule has 0 aliphatic rings. The number of aromatic carboxylic acids is 1. The number of benzene rings is 1. The van der Waals surface area contributed by atoms with E-state index in [1.165, 1.54) is 16.8 Å². The fourth-order valence-electron chi connectivity index (χ4n) is 1.55. The van der Waals surface area contributed by atoms with Crippen LogP contribution in [0.3, 0.4) is 0 Å². The van der Waals surface area contributed by atoms with Gasteiger partial charge in [0.15, 0.2) is 0 Å². The van der Waals surface area contributed by atoms with Gasteiger partial charge in [0, 0.05) is 13.0 Å². The number of hydrogen-bond acceptors (Lipinski definition) is 4. The minimum Gasteiger partial charge on any atom is -0.478 e. The van der Waals surface area contributed by atoms with E-state index in [-0.39, 0.29) is 22.2 Å². The maximum absolute atomic E-state index is 10.9. The zero-order chi connectivity index (χ0) is 14.0. The molecule has 1 aromatic heterocycles. The lowest BCUT2D eigenvalue weighted by Gasteiger charge is -2.06. The Morgan fingerprint density at radius 3 is 2.47 bits per heavy atom. The lowest BCUT2D eigenvalue weighted by molar-refractivity contribution is 0.0697. The van der Waals surface area contributed by atoms with Crippen molar-refractivity contribution in [3.63, 3.8) is 0 Å². The van der Waals surface area contributed by atoms with Crippen LogP contribution in [-0.2, 0) is 6.42 Å². The number of carbonyl (C=O) groups is 1. The Bertz CT molecular complexity index is 604. The molecular weight excluding hydrogens is 293 g/mol. The van der Waals surface area contributed by atoms with E-state index in [2.05, 4.69) is 10.3 Å². The lowest BCUT2D eigenvalue weighted by Crippen LogP contribution is -2.02. The molecule has 0 bridgehead atoms. The number of nitrogens with zero attached hydrogens (tertiary/aromatic N) is 3. The van der Waals surface area contributed by atoms with Crippen LogP contribution in [0.1, 0.15) is 16.1 Å². The highest BCUT2D eigenvalue weighted by atomic mass is 35.5. The molecule has 0 aliphatic carbocycles. The summed E-state index contributed by atoms with van der Waals surface area (Å²) in [5, 5.41) is 25.5. The Morgan fingerprint density at radius 1 is 1.32 bits per heavy atom. The molecule has 2 rings (SSSR count). The predicted octanol–water partition coefficient (Wildman–Crippen LogP) is 1.81. The molecule has 0 atom stereocenters. The standard InChI is InChI=1S/C11H9Cl2N3O3/c12-8-3-7(4-9(13)10(8)11(18)19)16-5-6(1-2-17)14-15-16/h3-5,17H,1-2H2,(H,18,19). The topological polar surface area (TPSA) is 88.2 Å². The van der Waals surface area contributed by atoms with Gasteiger partial charge in [-0.25, -0.2) is 9.48 Å². The summed E-state index contributed by atoms with van der Waals surface area (Å²) in [4.78, 5) is 10.9. The second-order valence-corrected chi connectivity index (χ2v) is 4.53. The van der Waals surface area contributed by atoms with E-state index in [9.17, 15) is 4.79 Å². The zero-order valence-electron chi connectivity index (χ0n) is 9.55. The molecule has 0 amide bonds. The Labute approximate surface area is 118 Å². The Kier molecular flexibility index (Phi) is 4.04. The van der Waals surface area contributed by atoms with Crippen LogP contribution in [0.5, 0.6) is 0 Å². The molecule has 100 valence electrons. The molecule has 6 nitrogen and oxygen atoms in total. The van der Waals surface area contributed by atoms with E-state index < -0.39 is 5.97 Å². The summed E-state index contributed by atoms with van der Waals surface area (Å²) in [5.41, 5.74) is 0.955. The smallest absolute Gasteiger partial charge is 0.338 e. The van der Waals surface area contributed by atoms with Crippen molar-refractivity contribution in [3.8, 4) is 5.69 Å². The first-order valence-electron chi connectivity index (χ1n) is 5.27. The molecule has 19 heavy (non-hydrogen) atoms. The van der Waals surface area contributed by atoms with Crippen molar-refractivity contribution in [2.24, 2.45) is 0 Å². The number of aromatic nitrogens is 3. The van der Waals surface area contributed by atoms with Crippen molar-refractivity contribution >= 4 is 29.2 Å². The first-order valence-corrected chi connectivity index (χ1v) is 6.03. The number of aliphatic hydroxyl groups excluding tert-OH is 1. The van der Waals surface area contributed by atoms with E-state index >= 15 is 0 Å². The molecule has 0 unspecified atom stereocenters. The van der Waals surface area contributed by atoms with E-state index in [4.69, 9.17) is 33.4 Å². The Morgan fingerprint density at radius 2 is 1.95 bits per heavy atom. The fraction of sp³-hybridized carbons (Fsp3) is 0.182. The number of halogens is 2. The molecule has 2 N–H and O–H groups in total. The van der Waals surface area contributed by atoms with Crippen molar-refractivity contribution < 1.29 is 15.0 Å². The van der Waals surface area contributed by atoms with Crippen molar-refractivity contribution in [1.29, 1.82) is 0 Å². The molecule has 8 heteroatoms. The van der Waals surface area contributed by atoms with E-state index in [0.717, 1.165) is 0 Å². The van der Waals surface area contributed by atoms with Gasteiger partial charge >= 0.3 is 5.97 Å². The van der Waals surface area contributed by atoms with Crippen molar-refractivity contribution in [2.75, 3.05) is 6.61 Å². The Balaban J connectivity index is 2.43. The maximum atomic E-state index is 10.9. The molecule has 0 aliphatic heterocycles. The van der Waals surface area contributed by atoms with Crippen LogP contribution in [0.25, 0.3) is 5.69 Å². The molecule has 0 fully saturated rings. The zero-order valence-corrected chi connectivity index (χ0v) is 11.1. The van der Waals surface area contributed by atoms with Gasteiger partial charge in [0.05, 0.1) is 33.2 Å². The second kappa shape index (κ2) is 5.56. The van der Waals surface area contributed by atoms with E-state index in [1.54, 1.807) is 6.20 Å². The summed E-state index contributed by atoms with van der Waals surface area (Å²) in [6.07, 6.45) is 1.99. The number of carboxylic acid groups (broad SMARTS) is 1. The number of aliphatic hydroxyl groups is 1. The normalized spacial score (nSPS) is 10.7. The number of hydrogen-bond donors (Lipinski definition) is 2. The highest BCUT2D eigenvalue weighted by Crippen LogP contribution is 2.28. The van der Waals surface area contributed by atoms with E-state index in [1.807, 2.05) is 0 Å². The van der Waals surface area contributed by atoms with Gasteiger partial charge in [-0.3, -0.25) is 0 Å². The highest BCUT2D eigenvalue weighted by molar-refractivity contribution is 6.39. The highest BCUT2D eigenvalue weighted by Gasteiger charge is 2.16. The van der Waals surface area contributed by atoms with Crippen LogP contribution in [-0.4, -0.2) is 37.8 Å². The molecule has 0 radical (unpaired) electrons. The monoisotopic (exact) mass is 301 g/mol. The molecular formula is C11H9Cl2N3O3. The van der Waals surface area contributed by atoms with Gasteiger partial charge in [0.25, 0.3) is 0 Å². The van der Waals surface area contributed by atoms with Crippen LogP contribution in [0.15, 0.2) is 18.3 Å². The Hall–Kier alpha value is -1.63. The van der Waals surface area contributed by atoms with Crippen LogP contribution in [0, 0.1) is 0 Å². The van der Waals surface area contributed by atoms with Crippen molar-refractivity contribution in [2.45, 2.75) is 6.42 Å². The third-order valence-electron chi connectivity index (χ3n) is 2.41. The number of rotatable bonds is 4. The van der Waals surface area contributed by atoms with Crippen LogP contribution in [0.2, 0.25) is 10.0 Å². The summed E-state index contributed by atoms with van der Waals surface area (Å²) < 4.78 is 1.41. The maximum Gasteiger partial charge on any atom is 0.338 e. The fourth-order valence-corrected chi connectivity index (χ4v) is 2.19. The predicted molar refractivity (Wildman–Crippen MR) is 69.1 cm³/mol.